The lowest BCUT2D eigenvalue weighted by molar-refractivity contribution is 0.143. The Kier molecular flexibility index (Phi) is 5.56. The minimum absolute atomic E-state index is 0.153. The van der Waals surface area contributed by atoms with Gasteiger partial charge in [0.25, 0.3) is 0 Å². The summed E-state index contributed by atoms with van der Waals surface area (Å²) in [4.78, 5) is 20.6. The van der Waals surface area contributed by atoms with E-state index in [0.717, 1.165) is 19.6 Å². The standard InChI is InChI=1S/C17H18Cl2N4O/c18-14-3-4-15(19)16(10-14)21-17(24)23-8-6-22(7-9-23)12-13-2-1-5-20-11-13/h1-5,10-11H,6-9,12H2,(H,21,24). The minimum Gasteiger partial charge on any atom is -0.322 e. The highest BCUT2D eigenvalue weighted by atomic mass is 35.5. The monoisotopic (exact) mass is 364 g/mol. The number of rotatable bonds is 3. The van der Waals surface area contributed by atoms with E-state index in [-0.39, 0.29) is 6.03 Å². The zero-order valence-corrected chi connectivity index (χ0v) is 14.6. The van der Waals surface area contributed by atoms with Crippen LogP contribution in [0.15, 0.2) is 42.7 Å². The van der Waals surface area contributed by atoms with E-state index in [1.165, 1.54) is 5.56 Å². The average molecular weight is 365 g/mol. The van der Waals surface area contributed by atoms with E-state index in [2.05, 4.69) is 21.3 Å². The van der Waals surface area contributed by atoms with Crippen molar-refractivity contribution in [1.29, 1.82) is 0 Å². The fraction of sp³-hybridized carbons (Fsp3) is 0.294. The van der Waals surface area contributed by atoms with Crippen molar-refractivity contribution in [3.05, 3.63) is 58.3 Å². The highest BCUT2D eigenvalue weighted by molar-refractivity contribution is 6.35. The van der Waals surface area contributed by atoms with E-state index < -0.39 is 0 Å². The van der Waals surface area contributed by atoms with Crippen molar-refractivity contribution in [2.45, 2.75) is 6.54 Å². The smallest absolute Gasteiger partial charge is 0.321 e. The number of nitrogens with one attached hydrogen (secondary N) is 1. The van der Waals surface area contributed by atoms with Crippen LogP contribution in [0.25, 0.3) is 0 Å². The summed E-state index contributed by atoms with van der Waals surface area (Å²) in [6.07, 6.45) is 3.65. The topological polar surface area (TPSA) is 48.5 Å². The van der Waals surface area contributed by atoms with Crippen LogP contribution >= 0.6 is 23.2 Å². The van der Waals surface area contributed by atoms with E-state index in [0.29, 0.717) is 28.8 Å². The Morgan fingerprint density at radius 2 is 1.96 bits per heavy atom. The van der Waals surface area contributed by atoms with Crippen LogP contribution in [0.2, 0.25) is 10.0 Å². The van der Waals surface area contributed by atoms with Crippen molar-refractivity contribution in [3.63, 3.8) is 0 Å². The molecular weight excluding hydrogens is 347 g/mol. The van der Waals surface area contributed by atoms with Gasteiger partial charge in [-0.15, -0.1) is 0 Å². The van der Waals surface area contributed by atoms with Gasteiger partial charge in [-0.25, -0.2) is 4.79 Å². The molecule has 0 unspecified atom stereocenters. The van der Waals surface area contributed by atoms with E-state index in [1.807, 2.05) is 12.3 Å². The lowest BCUT2D eigenvalue weighted by Gasteiger charge is -2.34. The summed E-state index contributed by atoms with van der Waals surface area (Å²) >= 11 is 12.0. The van der Waals surface area contributed by atoms with E-state index in [9.17, 15) is 4.79 Å². The molecule has 126 valence electrons. The van der Waals surface area contributed by atoms with Crippen LogP contribution in [0, 0.1) is 0 Å². The average Bonchev–Trinajstić information content (AvgIpc) is 2.60. The second-order valence-electron chi connectivity index (χ2n) is 5.68. The molecule has 3 rings (SSSR count). The number of nitrogens with zero attached hydrogens (tertiary/aromatic N) is 3. The van der Waals surface area contributed by atoms with Crippen LogP contribution in [0.1, 0.15) is 5.56 Å². The first-order valence-corrected chi connectivity index (χ1v) is 8.49. The number of carbonyl (C=O) groups excluding carboxylic acids is 1. The molecule has 0 aliphatic carbocycles. The summed E-state index contributed by atoms with van der Waals surface area (Å²) < 4.78 is 0. The van der Waals surface area contributed by atoms with Crippen molar-refractivity contribution in [2.75, 3.05) is 31.5 Å². The number of urea groups is 1. The van der Waals surface area contributed by atoms with Gasteiger partial charge in [-0.2, -0.15) is 0 Å². The van der Waals surface area contributed by atoms with Crippen molar-refractivity contribution in [3.8, 4) is 0 Å². The van der Waals surface area contributed by atoms with Gasteiger partial charge in [-0.3, -0.25) is 9.88 Å². The van der Waals surface area contributed by atoms with E-state index in [1.54, 1.807) is 29.3 Å². The van der Waals surface area contributed by atoms with Crippen LogP contribution in [0.3, 0.4) is 0 Å². The normalized spacial score (nSPS) is 15.3. The Morgan fingerprint density at radius 1 is 1.17 bits per heavy atom. The highest BCUT2D eigenvalue weighted by Crippen LogP contribution is 2.25. The number of carbonyl (C=O) groups is 1. The molecule has 1 aliphatic rings. The first-order valence-electron chi connectivity index (χ1n) is 7.74. The molecule has 1 aromatic heterocycles. The van der Waals surface area contributed by atoms with Crippen LogP contribution in [-0.4, -0.2) is 47.0 Å². The van der Waals surface area contributed by atoms with Gasteiger partial charge in [-0.05, 0) is 29.8 Å². The Morgan fingerprint density at radius 3 is 2.67 bits per heavy atom. The molecule has 2 amide bonds. The summed E-state index contributed by atoms with van der Waals surface area (Å²) in [5.41, 5.74) is 1.72. The Hall–Kier alpha value is -1.82. The molecule has 1 N–H and O–H groups in total. The summed E-state index contributed by atoms with van der Waals surface area (Å²) in [6.45, 7) is 3.84. The lowest BCUT2D eigenvalue weighted by atomic mass is 10.2. The van der Waals surface area contributed by atoms with Crippen molar-refractivity contribution >= 4 is 34.9 Å². The summed E-state index contributed by atoms with van der Waals surface area (Å²) in [5.74, 6) is 0. The third kappa shape index (κ3) is 4.38. The first kappa shape index (κ1) is 17.0. The maximum Gasteiger partial charge on any atom is 0.321 e. The molecule has 0 saturated carbocycles. The highest BCUT2D eigenvalue weighted by Gasteiger charge is 2.21. The second kappa shape index (κ2) is 7.83. The fourth-order valence-corrected chi connectivity index (χ4v) is 2.98. The molecule has 2 heterocycles. The molecule has 1 aliphatic heterocycles. The maximum atomic E-state index is 12.4. The zero-order chi connectivity index (χ0) is 16.9. The Bertz CT molecular complexity index is 703. The van der Waals surface area contributed by atoms with Gasteiger partial charge in [0.2, 0.25) is 0 Å². The Labute approximate surface area is 151 Å². The number of halogens is 2. The third-order valence-electron chi connectivity index (χ3n) is 3.96. The molecule has 0 spiro atoms. The number of pyridine rings is 1. The summed E-state index contributed by atoms with van der Waals surface area (Å²) in [7, 11) is 0. The molecule has 2 aromatic rings. The first-order chi connectivity index (χ1) is 11.6. The molecule has 1 aromatic carbocycles. The maximum absolute atomic E-state index is 12.4. The van der Waals surface area contributed by atoms with Crippen molar-refractivity contribution < 1.29 is 4.79 Å². The third-order valence-corrected chi connectivity index (χ3v) is 4.52. The van der Waals surface area contributed by atoms with Crippen LogP contribution in [0.5, 0.6) is 0 Å². The number of hydrogen-bond acceptors (Lipinski definition) is 3. The van der Waals surface area contributed by atoms with Gasteiger partial charge in [0.15, 0.2) is 0 Å². The van der Waals surface area contributed by atoms with E-state index >= 15 is 0 Å². The number of anilines is 1. The van der Waals surface area contributed by atoms with Crippen LogP contribution in [0.4, 0.5) is 10.5 Å². The summed E-state index contributed by atoms with van der Waals surface area (Å²) in [5, 5.41) is 3.84. The predicted octanol–water partition coefficient (Wildman–Crippen LogP) is 3.74. The molecular formula is C17H18Cl2N4O. The zero-order valence-electron chi connectivity index (χ0n) is 13.1. The molecule has 1 saturated heterocycles. The molecule has 0 radical (unpaired) electrons. The number of benzene rings is 1. The van der Waals surface area contributed by atoms with Gasteiger partial charge in [0.1, 0.15) is 0 Å². The number of aromatic nitrogens is 1. The molecule has 0 bridgehead atoms. The largest absolute Gasteiger partial charge is 0.322 e. The Balaban J connectivity index is 1.52. The fourth-order valence-electron chi connectivity index (χ4n) is 2.65. The summed E-state index contributed by atoms with van der Waals surface area (Å²) in [6, 6.07) is 8.86. The number of amides is 2. The lowest BCUT2D eigenvalue weighted by Crippen LogP contribution is -2.49. The SMILES string of the molecule is O=C(Nc1cc(Cl)ccc1Cl)N1CCN(Cc2cccnc2)CC1. The molecule has 24 heavy (non-hydrogen) atoms. The number of piperazine rings is 1. The molecule has 5 nitrogen and oxygen atoms in total. The van der Waals surface area contributed by atoms with Gasteiger partial charge < -0.3 is 10.2 Å². The van der Waals surface area contributed by atoms with Crippen LogP contribution < -0.4 is 5.32 Å². The van der Waals surface area contributed by atoms with Gasteiger partial charge in [-0.1, -0.05) is 29.3 Å². The second-order valence-corrected chi connectivity index (χ2v) is 6.52. The van der Waals surface area contributed by atoms with Crippen molar-refractivity contribution in [1.82, 2.24) is 14.8 Å². The minimum atomic E-state index is -0.153. The molecule has 0 atom stereocenters. The van der Waals surface area contributed by atoms with Crippen molar-refractivity contribution in [2.24, 2.45) is 0 Å². The molecule has 1 fully saturated rings. The van der Waals surface area contributed by atoms with Gasteiger partial charge in [0.05, 0.1) is 10.7 Å². The molecule has 7 heteroatoms. The van der Waals surface area contributed by atoms with E-state index in [4.69, 9.17) is 23.2 Å². The van der Waals surface area contributed by atoms with Crippen LogP contribution in [-0.2, 0) is 6.54 Å². The van der Waals surface area contributed by atoms with Gasteiger partial charge >= 0.3 is 6.03 Å². The quantitative estimate of drug-likeness (QED) is 0.902. The predicted molar refractivity (Wildman–Crippen MR) is 96.6 cm³/mol. The number of hydrogen-bond donors (Lipinski definition) is 1. The van der Waals surface area contributed by atoms with Gasteiger partial charge in [0, 0.05) is 50.1 Å².